The van der Waals surface area contributed by atoms with Gasteiger partial charge in [0.15, 0.2) is 0 Å². The summed E-state index contributed by atoms with van der Waals surface area (Å²) >= 11 is 0. The molecule has 1 saturated heterocycles. The molecular weight excluding hydrogens is 442 g/mol. The maximum atomic E-state index is 13.0. The zero-order valence-corrected chi connectivity index (χ0v) is 20.2. The lowest BCUT2D eigenvalue weighted by atomic mass is 9.79. The van der Waals surface area contributed by atoms with Crippen molar-refractivity contribution in [2.24, 2.45) is 11.8 Å². The second kappa shape index (κ2) is 10.0. The van der Waals surface area contributed by atoms with E-state index < -0.39 is 0 Å². The van der Waals surface area contributed by atoms with Crippen LogP contribution in [0.1, 0.15) is 59.8 Å². The number of carbonyl (C=O) groups is 2. The van der Waals surface area contributed by atoms with Crippen LogP contribution in [0.25, 0.3) is 0 Å². The molecule has 2 heterocycles. The van der Waals surface area contributed by atoms with Crippen LogP contribution in [-0.4, -0.2) is 43.2 Å². The van der Waals surface area contributed by atoms with Gasteiger partial charge < -0.3 is 25.0 Å². The Morgan fingerprint density at radius 1 is 1.17 bits per heavy atom. The first-order chi connectivity index (χ1) is 17.1. The van der Waals surface area contributed by atoms with Crippen LogP contribution in [0.5, 0.6) is 5.75 Å². The van der Waals surface area contributed by atoms with Gasteiger partial charge in [-0.25, -0.2) is 4.79 Å². The molecule has 2 fully saturated rings. The molecule has 35 heavy (non-hydrogen) atoms. The van der Waals surface area contributed by atoms with Crippen LogP contribution in [-0.2, 0) is 4.74 Å². The summed E-state index contributed by atoms with van der Waals surface area (Å²) in [7, 11) is 0. The Morgan fingerprint density at radius 2 is 1.97 bits per heavy atom. The molecule has 7 heteroatoms. The predicted molar refractivity (Wildman–Crippen MR) is 135 cm³/mol. The maximum Gasteiger partial charge on any atom is 0.410 e. The van der Waals surface area contributed by atoms with Crippen molar-refractivity contribution in [3.05, 3.63) is 71.8 Å². The fraction of sp³-hybridized carbons (Fsp3) is 0.429. The number of fused-ring (bicyclic) bond motifs is 3. The molecule has 5 rings (SSSR count). The molecule has 1 saturated carbocycles. The lowest BCUT2D eigenvalue weighted by Crippen LogP contribution is -2.38. The van der Waals surface area contributed by atoms with Crippen molar-refractivity contribution in [2.75, 3.05) is 31.6 Å². The van der Waals surface area contributed by atoms with Crippen molar-refractivity contribution >= 4 is 17.7 Å². The first-order valence-electron chi connectivity index (χ1n) is 12.5. The normalized spacial score (nSPS) is 22.4. The SMILES string of the molecule is C=CCOC(=O)N1CC[C@H]2C(c3ccc(OCC)cc3)Nc3ccc(C(=O)NCC4CC4)cc3[C@H]21. The molecule has 0 spiro atoms. The molecule has 2 aromatic carbocycles. The first kappa shape index (κ1) is 23.3. The van der Waals surface area contributed by atoms with E-state index in [1.54, 1.807) is 11.0 Å². The molecule has 7 nitrogen and oxygen atoms in total. The average Bonchev–Trinajstić information content (AvgIpc) is 3.61. The Balaban J connectivity index is 1.46. The third kappa shape index (κ3) is 4.85. The quantitative estimate of drug-likeness (QED) is 0.521. The number of hydrogen-bond acceptors (Lipinski definition) is 5. The monoisotopic (exact) mass is 475 g/mol. The van der Waals surface area contributed by atoms with E-state index in [9.17, 15) is 9.59 Å². The van der Waals surface area contributed by atoms with Gasteiger partial charge in [-0.1, -0.05) is 24.8 Å². The van der Waals surface area contributed by atoms with Crippen molar-refractivity contribution in [2.45, 2.75) is 38.3 Å². The Morgan fingerprint density at radius 3 is 2.69 bits per heavy atom. The van der Waals surface area contributed by atoms with E-state index in [4.69, 9.17) is 9.47 Å². The minimum atomic E-state index is -0.348. The van der Waals surface area contributed by atoms with E-state index >= 15 is 0 Å². The van der Waals surface area contributed by atoms with E-state index in [0.29, 0.717) is 24.6 Å². The highest BCUT2D eigenvalue weighted by Gasteiger charge is 2.47. The minimum Gasteiger partial charge on any atom is -0.494 e. The van der Waals surface area contributed by atoms with Gasteiger partial charge in [-0.3, -0.25) is 4.79 Å². The van der Waals surface area contributed by atoms with Gasteiger partial charge in [-0.05, 0) is 73.6 Å². The molecule has 1 unspecified atom stereocenters. The van der Waals surface area contributed by atoms with E-state index in [1.807, 2.05) is 37.3 Å². The molecule has 2 aromatic rings. The molecule has 3 aliphatic rings. The Labute approximate surface area is 206 Å². The standard InChI is InChI=1S/C28H33N3O4/c1-3-15-35-28(33)31-14-13-22-25(19-7-10-21(11-8-19)34-4-2)30-24-12-9-20(16-23(24)26(22)31)27(32)29-17-18-5-6-18/h3,7-12,16,18,22,25-26,30H,1,4-6,13-15,17H2,2H3,(H,29,32)/t22-,25?,26-/m0/s1. The van der Waals surface area contributed by atoms with Crippen LogP contribution in [0.15, 0.2) is 55.1 Å². The van der Waals surface area contributed by atoms with Gasteiger partial charge in [-0.2, -0.15) is 0 Å². The Bertz CT molecular complexity index is 1100. The summed E-state index contributed by atoms with van der Waals surface area (Å²) in [4.78, 5) is 27.6. The number of benzene rings is 2. The molecule has 184 valence electrons. The van der Waals surface area contributed by atoms with Crippen molar-refractivity contribution in [3.63, 3.8) is 0 Å². The largest absolute Gasteiger partial charge is 0.494 e. The molecular formula is C28H33N3O4. The van der Waals surface area contributed by atoms with Gasteiger partial charge in [0.1, 0.15) is 12.4 Å². The number of likely N-dealkylation sites (tertiary alicyclic amines) is 1. The number of rotatable bonds is 8. The van der Waals surface area contributed by atoms with E-state index in [0.717, 1.165) is 35.5 Å². The minimum absolute atomic E-state index is 0.0231. The van der Waals surface area contributed by atoms with Gasteiger partial charge in [-0.15, -0.1) is 0 Å². The first-order valence-corrected chi connectivity index (χ1v) is 12.5. The highest BCUT2D eigenvalue weighted by molar-refractivity contribution is 5.95. The second-order valence-electron chi connectivity index (χ2n) is 9.54. The summed E-state index contributed by atoms with van der Waals surface area (Å²) in [5.41, 5.74) is 3.66. The molecule has 2 aliphatic heterocycles. The zero-order valence-electron chi connectivity index (χ0n) is 20.2. The van der Waals surface area contributed by atoms with Crippen molar-refractivity contribution in [1.82, 2.24) is 10.2 Å². The van der Waals surface area contributed by atoms with Gasteiger partial charge in [0, 0.05) is 30.3 Å². The van der Waals surface area contributed by atoms with Crippen LogP contribution >= 0.6 is 0 Å². The molecule has 2 N–H and O–H groups in total. The number of amides is 2. The second-order valence-corrected chi connectivity index (χ2v) is 9.54. The molecule has 2 amide bonds. The third-order valence-corrected chi connectivity index (χ3v) is 7.17. The highest BCUT2D eigenvalue weighted by atomic mass is 16.6. The third-order valence-electron chi connectivity index (χ3n) is 7.17. The van der Waals surface area contributed by atoms with Gasteiger partial charge in [0.25, 0.3) is 5.91 Å². The van der Waals surface area contributed by atoms with E-state index in [1.165, 1.54) is 12.8 Å². The van der Waals surface area contributed by atoms with Crippen molar-refractivity contribution in [1.29, 1.82) is 0 Å². The summed E-state index contributed by atoms with van der Waals surface area (Å²) in [5, 5.41) is 6.75. The van der Waals surface area contributed by atoms with Gasteiger partial charge in [0.2, 0.25) is 0 Å². The molecule has 0 bridgehead atoms. The lowest BCUT2D eigenvalue weighted by molar-refractivity contribution is 0.0951. The zero-order chi connectivity index (χ0) is 24.4. The van der Waals surface area contributed by atoms with E-state index in [2.05, 4.69) is 29.3 Å². The number of anilines is 1. The summed E-state index contributed by atoms with van der Waals surface area (Å²) in [5.74, 6) is 1.53. The Kier molecular flexibility index (Phi) is 6.66. The smallest absolute Gasteiger partial charge is 0.410 e. The highest BCUT2D eigenvalue weighted by Crippen LogP contribution is 2.51. The maximum absolute atomic E-state index is 13.0. The van der Waals surface area contributed by atoms with Gasteiger partial charge >= 0.3 is 6.09 Å². The van der Waals surface area contributed by atoms with Crippen molar-refractivity contribution in [3.8, 4) is 5.75 Å². The van der Waals surface area contributed by atoms with Crippen LogP contribution in [0.4, 0.5) is 10.5 Å². The average molecular weight is 476 g/mol. The number of carbonyl (C=O) groups excluding carboxylic acids is 2. The molecule has 0 aromatic heterocycles. The Hall–Kier alpha value is -3.48. The summed E-state index contributed by atoms with van der Waals surface area (Å²) in [6, 6.07) is 13.8. The van der Waals surface area contributed by atoms with Crippen molar-refractivity contribution < 1.29 is 19.1 Å². The lowest BCUT2D eigenvalue weighted by Gasteiger charge is -2.40. The topological polar surface area (TPSA) is 79.9 Å². The van der Waals surface area contributed by atoms with Crippen LogP contribution in [0.3, 0.4) is 0 Å². The number of nitrogens with one attached hydrogen (secondary N) is 2. The van der Waals surface area contributed by atoms with Gasteiger partial charge in [0.05, 0.1) is 18.7 Å². The summed E-state index contributed by atoms with van der Waals surface area (Å²) in [6.45, 7) is 7.73. The molecule has 3 atom stereocenters. The van der Waals surface area contributed by atoms with E-state index in [-0.39, 0.29) is 36.6 Å². The van der Waals surface area contributed by atoms with Crippen LogP contribution in [0, 0.1) is 11.8 Å². The predicted octanol–water partition coefficient (Wildman–Crippen LogP) is 5.08. The fourth-order valence-electron chi connectivity index (χ4n) is 5.27. The number of nitrogens with zero attached hydrogens (tertiary/aromatic N) is 1. The number of hydrogen-bond donors (Lipinski definition) is 2. The summed E-state index contributed by atoms with van der Waals surface area (Å²) in [6.07, 6.45) is 4.43. The number of ether oxygens (including phenoxy) is 2. The molecule has 0 radical (unpaired) electrons. The molecule has 1 aliphatic carbocycles. The summed E-state index contributed by atoms with van der Waals surface area (Å²) < 4.78 is 11.0. The fourth-order valence-corrected chi connectivity index (χ4v) is 5.27. The van der Waals surface area contributed by atoms with Crippen LogP contribution in [0.2, 0.25) is 0 Å². The van der Waals surface area contributed by atoms with Crippen LogP contribution < -0.4 is 15.4 Å².